The van der Waals surface area contributed by atoms with Crippen molar-refractivity contribution in [3.05, 3.63) is 34.6 Å². The van der Waals surface area contributed by atoms with Crippen LogP contribution in [0.25, 0.3) is 5.57 Å². The maximum atomic E-state index is 9.70. The predicted molar refractivity (Wildman–Crippen MR) is 60.6 cm³/mol. The minimum Gasteiger partial charge on any atom is -0.508 e. The number of fused-ring (bicyclic) bond motifs is 1. The molecule has 1 atom stereocenters. The Hall–Kier alpha value is -1.44. The van der Waals surface area contributed by atoms with Crippen molar-refractivity contribution in [3.8, 4) is 5.75 Å². The number of hydrogen-bond donors (Lipinski definition) is 1. The molecule has 0 saturated heterocycles. The first-order chi connectivity index (χ1) is 7.02. The first kappa shape index (κ1) is 10.1. The van der Waals surface area contributed by atoms with E-state index in [0.717, 1.165) is 28.0 Å². The van der Waals surface area contributed by atoms with Gasteiger partial charge in [0, 0.05) is 5.56 Å². The van der Waals surface area contributed by atoms with E-state index in [2.05, 4.69) is 0 Å². The van der Waals surface area contributed by atoms with Gasteiger partial charge in [-0.05, 0) is 50.5 Å². The van der Waals surface area contributed by atoms with Crippen molar-refractivity contribution in [2.75, 3.05) is 0 Å². The number of aromatic hydroxyl groups is 1. The van der Waals surface area contributed by atoms with Crippen LogP contribution in [-0.4, -0.2) is 5.11 Å². The fraction of sp³-hybridized carbons (Fsp3) is 0.385. The Morgan fingerprint density at radius 1 is 1.20 bits per heavy atom. The first-order valence-electron chi connectivity index (χ1n) is 5.19. The molecule has 0 aromatic heterocycles. The summed E-state index contributed by atoms with van der Waals surface area (Å²) in [6.07, 6.45) is 0.0722. The normalized spacial score (nSPS) is 19.9. The van der Waals surface area contributed by atoms with Crippen LogP contribution in [0.2, 0.25) is 0 Å². The van der Waals surface area contributed by atoms with Gasteiger partial charge in [0.05, 0.1) is 5.76 Å². The number of phenolic OH excluding ortho intramolecular Hbond substituents is 1. The standard InChI is InChI=1S/C13H16O2/c1-7-9(3)15-10(4)11-5-6-12(14)8(2)13(7)11/h5-6,10,14H,1-4H3. The van der Waals surface area contributed by atoms with Crippen molar-refractivity contribution in [3.63, 3.8) is 0 Å². The van der Waals surface area contributed by atoms with E-state index in [4.69, 9.17) is 4.74 Å². The molecule has 2 heteroatoms. The van der Waals surface area contributed by atoms with Gasteiger partial charge in [0.1, 0.15) is 11.9 Å². The number of phenols is 1. The lowest BCUT2D eigenvalue weighted by atomic mass is 9.90. The molecule has 1 aliphatic heterocycles. The second-order valence-electron chi connectivity index (χ2n) is 4.12. The molecule has 0 fully saturated rings. The third kappa shape index (κ3) is 1.41. The molecule has 0 spiro atoms. The summed E-state index contributed by atoms with van der Waals surface area (Å²) in [4.78, 5) is 0. The molecule has 0 bridgehead atoms. The number of benzene rings is 1. The average Bonchev–Trinajstić information content (AvgIpc) is 2.19. The molecule has 1 aromatic rings. The highest BCUT2D eigenvalue weighted by atomic mass is 16.5. The van der Waals surface area contributed by atoms with Crippen LogP contribution in [0, 0.1) is 6.92 Å². The van der Waals surface area contributed by atoms with Crippen molar-refractivity contribution < 1.29 is 9.84 Å². The molecule has 0 radical (unpaired) electrons. The lowest BCUT2D eigenvalue weighted by Crippen LogP contribution is -2.10. The van der Waals surface area contributed by atoms with Gasteiger partial charge in [-0.15, -0.1) is 0 Å². The van der Waals surface area contributed by atoms with Crippen molar-refractivity contribution in [1.82, 2.24) is 0 Å². The van der Waals surface area contributed by atoms with E-state index >= 15 is 0 Å². The summed E-state index contributed by atoms with van der Waals surface area (Å²) in [6.45, 7) is 7.99. The lowest BCUT2D eigenvalue weighted by Gasteiger charge is -2.27. The summed E-state index contributed by atoms with van der Waals surface area (Å²) in [5.41, 5.74) is 4.37. The van der Waals surface area contributed by atoms with Gasteiger partial charge >= 0.3 is 0 Å². The largest absolute Gasteiger partial charge is 0.508 e. The van der Waals surface area contributed by atoms with Crippen molar-refractivity contribution in [1.29, 1.82) is 0 Å². The van der Waals surface area contributed by atoms with E-state index in [1.165, 1.54) is 0 Å². The Morgan fingerprint density at radius 3 is 2.53 bits per heavy atom. The van der Waals surface area contributed by atoms with E-state index in [1.807, 2.05) is 33.8 Å². The second-order valence-corrected chi connectivity index (χ2v) is 4.12. The zero-order valence-electron chi connectivity index (χ0n) is 9.59. The number of hydrogen-bond acceptors (Lipinski definition) is 2. The van der Waals surface area contributed by atoms with E-state index < -0.39 is 0 Å². The highest BCUT2D eigenvalue weighted by molar-refractivity contribution is 5.74. The van der Waals surface area contributed by atoms with Crippen LogP contribution < -0.4 is 0 Å². The molecule has 1 N–H and O–H groups in total. The van der Waals surface area contributed by atoms with Crippen LogP contribution in [0.1, 0.15) is 43.6 Å². The Kier molecular flexibility index (Phi) is 2.22. The molecule has 1 unspecified atom stereocenters. The molecule has 1 aliphatic rings. The maximum Gasteiger partial charge on any atom is 0.121 e. The fourth-order valence-corrected chi connectivity index (χ4v) is 2.15. The van der Waals surface area contributed by atoms with E-state index in [0.29, 0.717) is 5.75 Å². The molecular weight excluding hydrogens is 188 g/mol. The van der Waals surface area contributed by atoms with E-state index in [9.17, 15) is 5.11 Å². The second kappa shape index (κ2) is 3.30. The Morgan fingerprint density at radius 2 is 1.87 bits per heavy atom. The highest BCUT2D eigenvalue weighted by Crippen LogP contribution is 2.40. The molecule has 0 saturated carbocycles. The third-order valence-corrected chi connectivity index (χ3v) is 3.16. The topological polar surface area (TPSA) is 29.5 Å². The van der Waals surface area contributed by atoms with Crippen molar-refractivity contribution in [2.45, 2.75) is 33.8 Å². The van der Waals surface area contributed by atoms with Crippen molar-refractivity contribution >= 4 is 5.57 Å². The molecule has 0 aliphatic carbocycles. The van der Waals surface area contributed by atoms with Gasteiger partial charge in [-0.1, -0.05) is 6.07 Å². The summed E-state index contributed by atoms with van der Waals surface area (Å²) >= 11 is 0. The zero-order chi connectivity index (χ0) is 11.2. The molecular formula is C13H16O2. The fourth-order valence-electron chi connectivity index (χ4n) is 2.15. The molecule has 1 heterocycles. The van der Waals surface area contributed by atoms with Crippen LogP contribution in [0.5, 0.6) is 5.75 Å². The Balaban J connectivity index is 2.74. The average molecular weight is 204 g/mol. The van der Waals surface area contributed by atoms with Gasteiger partial charge in [-0.3, -0.25) is 0 Å². The smallest absolute Gasteiger partial charge is 0.121 e. The van der Waals surface area contributed by atoms with Gasteiger partial charge in [0.2, 0.25) is 0 Å². The van der Waals surface area contributed by atoms with Gasteiger partial charge < -0.3 is 9.84 Å². The van der Waals surface area contributed by atoms with Crippen LogP contribution in [0.3, 0.4) is 0 Å². The third-order valence-electron chi connectivity index (χ3n) is 3.16. The maximum absolute atomic E-state index is 9.70. The monoisotopic (exact) mass is 204 g/mol. The lowest BCUT2D eigenvalue weighted by molar-refractivity contribution is 0.131. The summed E-state index contributed by atoms with van der Waals surface area (Å²) in [7, 11) is 0. The number of ether oxygens (including phenoxy) is 1. The molecule has 2 rings (SSSR count). The summed E-state index contributed by atoms with van der Waals surface area (Å²) in [6, 6.07) is 3.68. The molecule has 80 valence electrons. The first-order valence-corrected chi connectivity index (χ1v) is 5.19. The number of rotatable bonds is 0. The van der Waals surface area contributed by atoms with Crippen LogP contribution in [0.4, 0.5) is 0 Å². The summed E-state index contributed by atoms with van der Waals surface area (Å²) in [5, 5.41) is 9.70. The Labute approximate surface area is 90.2 Å². The Bertz CT molecular complexity index is 444. The number of allylic oxidation sites excluding steroid dienone is 2. The van der Waals surface area contributed by atoms with E-state index in [-0.39, 0.29) is 6.10 Å². The summed E-state index contributed by atoms with van der Waals surface area (Å²) < 4.78 is 5.72. The van der Waals surface area contributed by atoms with Gasteiger partial charge in [-0.2, -0.15) is 0 Å². The summed E-state index contributed by atoms with van der Waals surface area (Å²) in [5.74, 6) is 1.30. The predicted octanol–water partition coefficient (Wildman–Crippen LogP) is 3.54. The quantitative estimate of drug-likeness (QED) is 0.700. The molecule has 1 aromatic carbocycles. The highest BCUT2D eigenvalue weighted by Gasteiger charge is 2.23. The van der Waals surface area contributed by atoms with Crippen molar-refractivity contribution in [2.24, 2.45) is 0 Å². The zero-order valence-corrected chi connectivity index (χ0v) is 9.59. The van der Waals surface area contributed by atoms with Gasteiger partial charge in [0.15, 0.2) is 0 Å². The molecule has 2 nitrogen and oxygen atoms in total. The van der Waals surface area contributed by atoms with Crippen LogP contribution >= 0.6 is 0 Å². The molecule has 0 amide bonds. The molecule has 15 heavy (non-hydrogen) atoms. The van der Waals surface area contributed by atoms with Gasteiger partial charge in [0.25, 0.3) is 0 Å². The van der Waals surface area contributed by atoms with Crippen LogP contribution in [0.15, 0.2) is 17.9 Å². The van der Waals surface area contributed by atoms with Crippen LogP contribution in [-0.2, 0) is 4.74 Å². The minimum atomic E-state index is 0.0722. The van der Waals surface area contributed by atoms with Gasteiger partial charge in [-0.25, -0.2) is 0 Å². The minimum absolute atomic E-state index is 0.0722. The van der Waals surface area contributed by atoms with E-state index in [1.54, 1.807) is 6.07 Å². The SMILES string of the molecule is CC1=C(C)c2c(ccc(O)c2C)C(C)O1.